The van der Waals surface area contributed by atoms with Crippen LogP contribution in [0.15, 0.2) is 70.9 Å². The van der Waals surface area contributed by atoms with Crippen molar-refractivity contribution < 1.29 is 14.3 Å². The lowest BCUT2D eigenvalue weighted by atomic mass is 9.92. The Bertz CT molecular complexity index is 1070. The number of aliphatic imine (C=N–C) groups is 1. The number of carbonyl (C=O) groups excluding carboxylic acids is 2. The summed E-state index contributed by atoms with van der Waals surface area (Å²) >= 11 is 1.48. The molecule has 0 N–H and O–H groups in total. The number of rotatable bonds is 6. The third-order valence-corrected chi connectivity index (χ3v) is 7.19. The van der Waals surface area contributed by atoms with Gasteiger partial charge in [-0.1, -0.05) is 87.1 Å². The Kier molecular flexibility index (Phi) is 6.51. The van der Waals surface area contributed by atoms with Crippen molar-refractivity contribution in [2.24, 2.45) is 4.99 Å². The molecule has 2 aliphatic heterocycles. The molecule has 32 heavy (non-hydrogen) atoms. The maximum absolute atomic E-state index is 13.3. The third-order valence-electron chi connectivity index (χ3n) is 5.87. The molecule has 2 atom stereocenters. The van der Waals surface area contributed by atoms with E-state index in [0.717, 1.165) is 11.1 Å². The molecule has 0 saturated carbocycles. The van der Waals surface area contributed by atoms with Crippen LogP contribution in [0.5, 0.6) is 0 Å². The van der Waals surface area contributed by atoms with Crippen LogP contribution in [0, 0.1) is 0 Å². The van der Waals surface area contributed by atoms with Gasteiger partial charge in [0.2, 0.25) is 5.91 Å². The average molecular weight is 449 g/mol. The van der Waals surface area contributed by atoms with E-state index in [0.29, 0.717) is 28.8 Å². The second kappa shape index (κ2) is 9.33. The van der Waals surface area contributed by atoms with Crippen molar-refractivity contribution in [1.82, 2.24) is 4.90 Å². The number of amidine groups is 1. The van der Waals surface area contributed by atoms with Crippen molar-refractivity contribution in [3.8, 4) is 0 Å². The van der Waals surface area contributed by atoms with Crippen LogP contribution in [0.1, 0.15) is 62.8 Å². The van der Waals surface area contributed by atoms with E-state index in [1.165, 1.54) is 17.3 Å². The molecular weight excluding hydrogens is 420 g/mol. The minimum Gasteiger partial charge on any atom is -0.457 e. The quantitative estimate of drug-likeness (QED) is 0.541. The van der Waals surface area contributed by atoms with Crippen molar-refractivity contribution in [3.05, 3.63) is 82.6 Å². The first-order valence-corrected chi connectivity index (χ1v) is 11.9. The van der Waals surface area contributed by atoms with E-state index in [-0.39, 0.29) is 17.8 Å². The molecular formula is C26H28N2O3S. The van der Waals surface area contributed by atoms with Gasteiger partial charge in [-0.2, -0.15) is 0 Å². The average Bonchev–Trinajstić information content (AvgIpc) is 3.12. The lowest BCUT2D eigenvalue weighted by Crippen LogP contribution is -2.40. The van der Waals surface area contributed by atoms with Gasteiger partial charge in [0.15, 0.2) is 5.17 Å². The van der Waals surface area contributed by atoms with E-state index in [4.69, 9.17) is 4.74 Å². The summed E-state index contributed by atoms with van der Waals surface area (Å²) in [6, 6.07) is 17.2. The molecule has 1 fully saturated rings. The van der Waals surface area contributed by atoms with E-state index in [1.807, 2.05) is 56.3 Å². The van der Waals surface area contributed by atoms with Crippen molar-refractivity contribution in [2.45, 2.75) is 57.9 Å². The Labute approximate surface area is 193 Å². The van der Waals surface area contributed by atoms with Gasteiger partial charge in [0.05, 0.1) is 22.6 Å². The van der Waals surface area contributed by atoms with Gasteiger partial charge in [-0.05, 0) is 36.0 Å². The zero-order chi connectivity index (χ0) is 22.8. The molecule has 0 aromatic heterocycles. The standard InChI is InChI=1S/C26H28N2O3S/c1-5-21-24(29)28-23(20-13-11-19(12-14-20)16(2)3)22(17(4)27-26(28)32-21)25(30)31-15-18-9-7-6-8-10-18/h6-14,16,21,23H,5,15H2,1-4H3/t21-,23+/m0/s1. The summed E-state index contributed by atoms with van der Waals surface area (Å²) in [5, 5.41) is 0.482. The molecule has 0 aliphatic carbocycles. The lowest BCUT2D eigenvalue weighted by molar-refractivity contribution is -0.141. The highest BCUT2D eigenvalue weighted by Crippen LogP contribution is 2.44. The molecule has 2 heterocycles. The fourth-order valence-corrected chi connectivity index (χ4v) is 5.16. The van der Waals surface area contributed by atoms with E-state index < -0.39 is 12.0 Å². The van der Waals surface area contributed by atoms with Gasteiger partial charge in [-0.15, -0.1) is 0 Å². The minimum absolute atomic E-state index is 0.00459. The number of fused-ring (bicyclic) bond motifs is 1. The molecule has 6 heteroatoms. The van der Waals surface area contributed by atoms with Gasteiger partial charge in [-0.3, -0.25) is 9.69 Å². The Morgan fingerprint density at radius 3 is 2.44 bits per heavy atom. The number of allylic oxidation sites excluding steroid dienone is 1. The molecule has 0 bridgehead atoms. The van der Waals surface area contributed by atoms with Gasteiger partial charge >= 0.3 is 5.97 Å². The Hall–Kier alpha value is -2.86. The van der Waals surface area contributed by atoms with Crippen LogP contribution in [0.3, 0.4) is 0 Å². The monoisotopic (exact) mass is 448 g/mol. The number of esters is 1. The summed E-state index contributed by atoms with van der Waals surface area (Å²) in [4.78, 5) is 32.9. The van der Waals surface area contributed by atoms with Crippen molar-refractivity contribution in [3.63, 3.8) is 0 Å². The third kappa shape index (κ3) is 4.24. The fourth-order valence-electron chi connectivity index (χ4n) is 4.03. The summed E-state index contributed by atoms with van der Waals surface area (Å²) in [6.45, 7) is 8.28. The summed E-state index contributed by atoms with van der Waals surface area (Å²) < 4.78 is 5.68. The largest absolute Gasteiger partial charge is 0.457 e. The van der Waals surface area contributed by atoms with Gasteiger partial charge < -0.3 is 4.74 Å². The highest BCUT2D eigenvalue weighted by molar-refractivity contribution is 8.15. The smallest absolute Gasteiger partial charge is 0.338 e. The molecule has 4 rings (SSSR count). The molecule has 2 aliphatic rings. The summed E-state index contributed by atoms with van der Waals surface area (Å²) in [5.74, 6) is -0.0477. The lowest BCUT2D eigenvalue weighted by Gasteiger charge is -2.33. The van der Waals surface area contributed by atoms with Crippen LogP contribution in [-0.4, -0.2) is 27.2 Å². The Morgan fingerprint density at radius 2 is 1.81 bits per heavy atom. The predicted octanol–water partition coefficient (Wildman–Crippen LogP) is 5.59. The van der Waals surface area contributed by atoms with Crippen LogP contribution in [0.2, 0.25) is 0 Å². The van der Waals surface area contributed by atoms with Gasteiger partial charge in [0, 0.05) is 0 Å². The summed E-state index contributed by atoms with van der Waals surface area (Å²) in [7, 11) is 0. The number of benzene rings is 2. The van der Waals surface area contributed by atoms with Gasteiger partial charge in [0.25, 0.3) is 0 Å². The van der Waals surface area contributed by atoms with Crippen LogP contribution in [-0.2, 0) is 20.9 Å². The molecule has 0 radical (unpaired) electrons. The van der Waals surface area contributed by atoms with Crippen LogP contribution in [0.4, 0.5) is 0 Å². The number of hydrogen-bond donors (Lipinski definition) is 0. The number of thioether (sulfide) groups is 1. The van der Waals surface area contributed by atoms with Crippen molar-refractivity contribution in [1.29, 1.82) is 0 Å². The van der Waals surface area contributed by atoms with E-state index >= 15 is 0 Å². The predicted molar refractivity (Wildman–Crippen MR) is 128 cm³/mol. The molecule has 166 valence electrons. The number of hydrogen-bond acceptors (Lipinski definition) is 5. The summed E-state index contributed by atoms with van der Waals surface area (Å²) in [5.41, 5.74) is 4.03. The van der Waals surface area contributed by atoms with Crippen LogP contribution < -0.4 is 0 Å². The van der Waals surface area contributed by atoms with Gasteiger partial charge in [0.1, 0.15) is 6.61 Å². The molecule has 1 saturated heterocycles. The number of amides is 1. The number of nitrogens with zero attached hydrogens (tertiary/aromatic N) is 2. The molecule has 2 aromatic rings. The zero-order valence-corrected chi connectivity index (χ0v) is 19.7. The number of carbonyl (C=O) groups is 2. The summed E-state index contributed by atoms with van der Waals surface area (Å²) in [6.07, 6.45) is 0.713. The van der Waals surface area contributed by atoms with Crippen LogP contribution >= 0.6 is 11.8 Å². The highest BCUT2D eigenvalue weighted by atomic mass is 32.2. The first-order chi connectivity index (χ1) is 15.4. The van der Waals surface area contributed by atoms with E-state index in [2.05, 4.69) is 31.0 Å². The van der Waals surface area contributed by atoms with Gasteiger partial charge in [-0.25, -0.2) is 9.79 Å². The molecule has 2 aromatic carbocycles. The first kappa shape index (κ1) is 22.3. The molecule has 5 nitrogen and oxygen atoms in total. The highest BCUT2D eigenvalue weighted by Gasteiger charge is 2.47. The first-order valence-electron chi connectivity index (χ1n) is 11.0. The van der Waals surface area contributed by atoms with Crippen molar-refractivity contribution in [2.75, 3.05) is 0 Å². The fraction of sp³-hybridized carbons (Fsp3) is 0.346. The SMILES string of the molecule is CC[C@@H]1SC2=NC(C)=C(C(=O)OCc3ccccc3)[C@@H](c3ccc(C(C)C)cc3)N2C1=O. The van der Waals surface area contributed by atoms with Crippen molar-refractivity contribution >= 4 is 28.8 Å². The Balaban J connectivity index is 1.71. The normalized spacial score (nSPS) is 20.5. The minimum atomic E-state index is -0.538. The molecule has 0 spiro atoms. The molecule has 0 unspecified atom stereocenters. The zero-order valence-electron chi connectivity index (χ0n) is 18.9. The second-order valence-corrected chi connectivity index (χ2v) is 9.57. The van der Waals surface area contributed by atoms with E-state index in [9.17, 15) is 9.59 Å². The maximum atomic E-state index is 13.3. The number of ether oxygens (including phenoxy) is 1. The topological polar surface area (TPSA) is 59.0 Å². The van der Waals surface area contributed by atoms with Crippen LogP contribution in [0.25, 0.3) is 0 Å². The second-order valence-electron chi connectivity index (χ2n) is 8.40. The van der Waals surface area contributed by atoms with E-state index in [1.54, 1.807) is 4.90 Å². The Morgan fingerprint density at radius 1 is 1.12 bits per heavy atom. The molecule has 1 amide bonds. The maximum Gasteiger partial charge on any atom is 0.338 e.